The smallest absolute Gasteiger partial charge is 0.0440 e. The zero-order chi connectivity index (χ0) is 11.0. The molecule has 80 valence electrons. The van der Waals surface area contributed by atoms with Gasteiger partial charge in [-0.25, -0.2) is 0 Å². The first-order valence-electron chi connectivity index (χ1n) is 5.32. The third-order valence-corrected chi connectivity index (χ3v) is 2.53. The van der Waals surface area contributed by atoms with Crippen molar-refractivity contribution in [2.24, 2.45) is 0 Å². The topological polar surface area (TPSA) is 12.9 Å². The monoisotopic (exact) mass is 211 g/mol. The van der Waals surface area contributed by atoms with Crippen molar-refractivity contribution in [2.75, 3.05) is 5.75 Å². The van der Waals surface area contributed by atoms with Crippen molar-refractivity contribution in [1.82, 2.24) is 4.98 Å². The summed E-state index contributed by atoms with van der Waals surface area (Å²) in [5, 5.41) is 0. The van der Waals surface area contributed by atoms with Gasteiger partial charge in [0.15, 0.2) is 0 Å². The fourth-order valence-electron chi connectivity index (χ4n) is 1.00. The van der Waals surface area contributed by atoms with Crippen LogP contribution in [0.3, 0.4) is 0 Å². The van der Waals surface area contributed by atoms with E-state index in [1.165, 1.54) is 10.6 Å². The molecule has 2 heteroatoms. The highest BCUT2D eigenvalue weighted by molar-refractivity contribution is 7.99. The summed E-state index contributed by atoms with van der Waals surface area (Å²) >= 11 is 1.87. The maximum atomic E-state index is 4.31. The Hall–Kier alpha value is -0.500. The van der Waals surface area contributed by atoms with Gasteiger partial charge in [-0.05, 0) is 23.8 Å². The number of hydrogen-bond donors (Lipinski definition) is 0. The maximum absolute atomic E-state index is 4.31. The third kappa shape index (κ3) is 4.66. The molecule has 0 bridgehead atoms. The lowest BCUT2D eigenvalue weighted by molar-refractivity contribution is 0.817. The van der Waals surface area contributed by atoms with Crippen LogP contribution < -0.4 is 0 Å². The molecule has 0 fully saturated rings. The van der Waals surface area contributed by atoms with Gasteiger partial charge in [0.1, 0.15) is 0 Å². The summed E-state index contributed by atoms with van der Waals surface area (Å²) in [5.41, 5.74) is 1.19. The number of nitrogens with zero attached hydrogens (tertiary/aromatic N) is 1. The van der Waals surface area contributed by atoms with Crippen molar-refractivity contribution in [3.63, 3.8) is 0 Å². The molecule has 0 radical (unpaired) electrons. The summed E-state index contributed by atoms with van der Waals surface area (Å²) in [6.07, 6.45) is 1.90. The highest BCUT2D eigenvalue weighted by atomic mass is 32.2. The van der Waals surface area contributed by atoms with Crippen LogP contribution >= 0.6 is 11.8 Å². The number of thioether (sulfide) groups is 1. The first-order valence-corrected chi connectivity index (χ1v) is 6.31. The summed E-state index contributed by atoms with van der Waals surface area (Å²) < 4.78 is 0. The quantitative estimate of drug-likeness (QED) is 0.690. The van der Waals surface area contributed by atoms with Gasteiger partial charge in [-0.15, -0.1) is 11.8 Å². The van der Waals surface area contributed by atoms with E-state index in [9.17, 15) is 0 Å². The standard InChI is InChI=1S/C10H15NS.C2H6/c1-4-12-9-5-6-11-10(7-9)8(2)3;1-2/h5-8H,4H2,1-3H3;1-2H3. The molecule has 0 saturated heterocycles. The van der Waals surface area contributed by atoms with Gasteiger partial charge >= 0.3 is 0 Å². The van der Waals surface area contributed by atoms with Crippen LogP contribution in [0.25, 0.3) is 0 Å². The van der Waals surface area contributed by atoms with Crippen LogP contribution in [-0.2, 0) is 0 Å². The average Bonchev–Trinajstić information content (AvgIpc) is 2.22. The minimum atomic E-state index is 0.530. The largest absolute Gasteiger partial charge is 0.261 e. The molecule has 0 unspecified atom stereocenters. The van der Waals surface area contributed by atoms with Crippen molar-refractivity contribution in [1.29, 1.82) is 0 Å². The fourth-order valence-corrected chi connectivity index (χ4v) is 1.69. The van der Waals surface area contributed by atoms with E-state index in [1.807, 2.05) is 31.8 Å². The first-order chi connectivity index (χ1) is 6.74. The summed E-state index contributed by atoms with van der Waals surface area (Å²) in [6.45, 7) is 10.5. The summed E-state index contributed by atoms with van der Waals surface area (Å²) in [7, 11) is 0. The van der Waals surface area contributed by atoms with Crippen molar-refractivity contribution in [3.05, 3.63) is 24.0 Å². The van der Waals surface area contributed by atoms with E-state index in [2.05, 4.69) is 37.9 Å². The normalized spacial score (nSPS) is 9.57. The average molecular weight is 211 g/mol. The Labute approximate surface area is 92.3 Å². The molecule has 1 rings (SSSR count). The van der Waals surface area contributed by atoms with E-state index in [0.29, 0.717) is 5.92 Å². The molecule has 0 aliphatic rings. The summed E-state index contributed by atoms with van der Waals surface area (Å²) in [4.78, 5) is 5.64. The Kier molecular flexibility index (Phi) is 7.58. The Balaban J connectivity index is 0.000000791. The first kappa shape index (κ1) is 13.5. The second-order valence-electron chi connectivity index (χ2n) is 3.00. The van der Waals surface area contributed by atoms with Crippen LogP contribution in [0.2, 0.25) is 0 Å². The van der Waals surface area contributed by atoms with E-state index in [4.69, 9.17) is 0 Å². The van der Waals surface area contributed by atoms with E-state index in [-0.39, 0.29) is 0 Å². The van der Waals surface area contributed by atoms with Crippen LogP contribution in [-0.4, -0.2) is 10.7 Å². The number of hydrogen-bond acceptors (Lipinski definition) is 2. The van der Waals surface area contributed by atoms with Crippen molar-refractivity contribution in [3.8, 4) is 0 Å². The van der Waals surface area contributed by atoms with Crippen LogP contribution in [0, 0.1) is 0 Å². The fraction of sp³-hybridized carbons (Fsp3) is 0.583. The molecule has 0 aliphatic carbocycles. The van der Waals surface area contributed by atoms with Gasteiger partial charge in [-0.2, -0.15) is 0 Å². The molecule has 0 saturated carbocycles. The molecular weight excluding hydrogens is 190 g/mol. The van der Waals surface area contributed by atoms with Gasteiger partial charge in [-0.1, -0.05) is 34.6 Å². The molecule has 1 aromatic rings. The van der Waals surface area contributed by atoms with Gasteiger partial charge in [0, 0.05) is 16.8 Å². The summed E-state index contributed by atoms with van der Waals surface area (Å²) in [6, 6.07) is 4.25. The Morgan fingerprint density at radius 1 is 1.36 bits per heavy atom. The second kappa shape index (κ2) is 7.86. The van der Waals surface area contributed by atoms with Crippen molar-refractivity contribution < 1.29 is 0 Å². The minimum Gasteiger partial charge on any atom is -0.261 e. The van der Waals surface area contributed by atoms with E-state index < -0.39 is 0 Å². The lowest BCUT2D eigenvalue weighted by Gasteiger charge is -2.05. The van der Waals surface area contributed by atoms with E-state index in [0.717, 1.165) is 5.75 Å². The summed E-state index contributed by atoms with van der Waals surface area (Å²) in [5.74, 6) is 1.66. The molecule has 1 heterocycles. The zero-order valence-electron chi connectivity index (χ0n) is 9.87. The van der Waals surface area contributed by atoms with Gasteiger partial charge < -0.3 is 0 Å². The Bertz CT molecular complexity index is 246. The van der Waals surface area contributed by atoms with Crippen molar-refractivity contribution >= 4 is 11.8 Å². The second-order valence-corrected chi connectivity index (χ2v) is 4.34. The molecule has 1 nitrogen and oxygen atoms in total. The predicted molar refractivity (Wildman–Crippen MR) is 66.1 cm³/mol. The molecular formula is C12H21NS. The van der Waals surface area contributed by atoms with Crippen LogP contribution in [0.15, 0.2) is 23.2 Å². The number of pyridine rings is 1. The molecule has 0 N–H and O–H groups in total. The lowest BCUT2D eigenvalue weighted by atomic mass is 10.1. The van der Waals surface area contributed by atoms with Crippen LogP contribution in [0.4, 0.5) is 0 Å². The molecule has 0 atom stereocenters. The molecule has 0 aliphatic heterocycles. The molecule has 0 amide bonds. The van der Waals surface area contributed by atoms with Crippen molar-refractivity contribution in [2.45, 2.75) is 45.4 Å². The van der Waals surface area contributed by atoms with Crippen LogP contribution in [0.1, 0.15) is 46.2 Å². The predicted octanol–water partition coefficient (Wildman–Crippen LogP) is 4.34. The highest BCUT2D eigenvalue weighted by Gasteiger charge is 2.00. The van der Waals surface area contributed by atoms with Gasteiger partial charge in [-0.3, -0.25) is 4.98 Å². The third-order valence-electron chi connectivity index (χ3n) is 1.66. The highest BCUT2D eigenvalue weighted by Crippen LogP contribution is 2.20. The molecule has 1 aromatic heterocycles. The molecule has 0 spiro atoms. The maximum Gasteiger partial charge on any atom is 0.0440 e. The van der Waals surface area contributed by atoms with Gasteiger partial charge in [0.2, 0.25) is 0 Å². The Morgan fingerprint density at radius 3 is 2.50 bits per heavy atom. The van der Waals surface area contributed by atoms with Crippen LogP contribution in [0.5, 0.6) is 0 Å². The minimum absolute atomic E-state index is 0.530. The van der Waals surface area contributed by atoms with Gasteiger partial charge in [0.25, 0.3) is 0 Å². The van der Waals surface area contributed by atoms with Gasteiger partial charge in [0.05, 0.1) is 0 Å². The Morgan fingerprint density at radius 2 is 2.00 bits per heavy atom. The van der Waals surface area contributed by atoms with E-state index in [1.54, 1.807) is 0 Å². The molecule has 0 aromatic carbocycles. The molecule has 14 heavy (non-hydrogen) atoms. The van der Waals surface area contributed by atoms with E-state index >= 15 is 0 Å². The zero-order valence-corrected chi connectivity index (χ0v) is 10.7. The number of rotatable bonds is 3. The lowest BCUT2D eigenvalue weighted by Crippen LogP contribution is -1.91. The SMILES string of the molecule is CC.CCSc1ccnc(C(C)C)c1. The number of aromatic nitrogens is 1.